The number of benzene rings is 2. The molecule has 0 spiro atoms. The van der Waals surface area contributed by atoms with Crippen molar-refractivity contribution in [1.82, 2.24) is 19.7 Å². The molecule has 0 aliphatic carbocycles. The van der Waals surface area contributed by atoms with Gasteiger partial charge in [0.1, 0.15) is 10.6 Å². The van der Waals surface area contributed by atoms with Crippen LogP contribution in [0.2, 0.25) is 0 Å². The van der Waals surface area contributed by atoms with Gasteiger partial charge >= 0.3 is 0 Å². The molecule has 0 aliphatic heterocycles. The van der Waals surface area contributed by atoms with Crippen LogP contribution in [0.3, 0.4) is 0 Å². The number of hydrogen-bond donors (Lipinski definition) is 1. The summed E-state index contributed by atoms with van der Waals surface area (Å²) in [5, 5.41) is 3.94. The maximum absolute atomic E-state index is 12.9. The van der Waals surface area contributed by atoms with Gasteiger partial charge in [0.25, 0.3) is 10.0 Å². The van der Waals surface area contributed by atoms with Crippen molar-refractivity contribution in [2.75, 3.05) is 4.72 Å². The molecule has 0 saturated heterocycles. The predicted molar refractivity (Wildman–Crippen MR) is 127 cm³/mol. The number of anilines is 1. The highest BCUT2D eigenvalue weighted by atomic mass is 32.2. The van der Waals surface area contributed by atoms with E-state index in [-0.39, 0.29) is 16.8 Å². The molecule has 0 aliphatic rings. The summed E-state index contributed by atoms with van der Waals surface area (Å²) in [6, 6.07) is 17.1. The Labute approximate surface area is 193 Å². The van der Waals surface area contributed by atoms with Gasteiger partial charge in [-0.05, 0) is 30.5 Å². The molecule has 4 rings (SSSR count). The van der Waals surface area contributed by atoms with Crippen molar-refractivity contribution in [1.29, 1.82) is 0 Å². The Hall–Kier alpha value is -3.72. The number of aromatic nitrogens is 4. The number of aryl methyl sites for hydroxylation is 2. The number of nitrogens with one attached hydrogen (secondary N) is 1. The van der Waals surface area contributed by atoms with Gasteiger partial charge in [-0.3, -0.25) is 4.68 Å². The highest BCUT2D eigenvalue weighted by Gasteiger charge is 2.24. The van der Waals surface area contributed by atoms with Crippen LogP contribution in [0.1, 0.15) is 30.9 Å². The molecule has 0 atom stereocenters. The first-order chi connectivity index (χ1) is 15.7. The minimum Gasteiger partial charge on any atom is -0.439 e. The zero-order valence-electron chi connectivity index (χ0n) is 18.9. The van der Waals surface area contributed by atoms with E-state index in [1.165, 1.54) is 17.1 Å². The van der Waals surface area contributed by atoms with Crippen LogP contribution >= 0.6 is 0 Å². The molecule has 0 fully saturated rings. The van der Waals surface area contributed by atoms with Crippen molar-refractivity contribution in [2.24, 2.45) is 7.05 Å². The van der Waals surface area contributed by atoms with Crippen molar-refractivity contribution in [3.63, 3.8) is 0 Å². The van der Waals surface area contributed by atoms with Gasteiger partial charge in [0, 0.05) is 24.4 Å². The zero-order valence-corrected chi connectivity index (χ0v) is 19.7. The summed E-state index contributed by atoms with van der Waals surface area (Å²) in [4.78, 5) is 9.13. The van der Waals surface area contributed by atoms with Gasteiger partial charge in [-0.25, -0.2) is 18.1 Å². The summed E-state index contributed by atoms with van der Waals surface area (Å²) in [6.45, 7) is 6.04. The highest BCUT2D eigenvalue weighted by Crippen LogP contribution is 2.38. The van der Waals surface area contributed by atoms with Crippen LogP contribution in [-0.4, -0.2) is 28.2 Å². The Bertz CT molecular complexity index is 1380. The fourth-order valence-electron chi connectivity index (χ4n) is 3.45. The monoisotopic (exact) mass is 463 g/mol. The number of nitrogens with zero attached hydrogens (tertiary/aromatic N) is 4. The van der Waals surface area contributed by atoms with Crippen molar-refractivity contribution in [3.8, 4) is 22.9 Å². The SMILES string of the molecule is Cc1ccccc1-c1nc(NS(=O)(=O)c2cnn(C)c2)nc(Oc2ccccc2)c1C(C)C. The molecule has 2 aromatic carbocycles. The Morgan fingerprint density at radius 2 is 1.70 bits per heavy atom. The summed E-state index contributed by atoms with van der Waals surface area (Å²) < 4.78 is 35.9. The van der Waals surface area contributed by atoms with Crippen LogP contribution in [0.4, 0.5) is 5.95 Å². The first-order valence-electron chi connectivity index (χ1n) is 10.5. The smallest absolute Gasteiger partial charge is 0.267 e. The van der Waals surface area contributed by atoms with Gasteiger partial charge in [0.2, 0.25) is 11.8 Å². The lowest BCUT2D eigenvalue weighted by molar-refractivity contribution is 0.453. The van der Waals surface area contributed by atoms with E-state index in [9.17, 15) is 8.42 Å². The van der Waals surface area contributed by atoms with Crippen molar-refractivity contribution < 1.29 is 13.2 Å². The molecule has 33 heavy (non-hydrogen) atoms. The number of hydrogen-bond acceptors (Lipinski definition) is 6. The van der Waals surface area contributed by atoms with Crippen LogP contribution in [0, 0.1) is 6.92 Å². The van der Waals surface area contributed by atoms with Crippen molar-refractivity contribution in [2.45, 2.75) is 31.6 Å². The average Bonchev–Trinajstić information content (AvgIpc) is 3.21. The lowest BCUT2D eigenvalue weighted by atomic mass is 9.95. The van der Waals surface area contributed by atoms with E-state index in [4.69, 9.17) is 4.74 Å². The van der Waals surface area contributed by atoms with E-state index in [1.807, 2.05) is 75.4 Å². The van der Waals surface area contributed by atoms with Crippen LogP contribution in [0.25, 0.3) is 11.3 Å². The molecule has 2 heterocycles. The molecule has 0 radical (unpaired) electrons. The minimum absolute atomic E-state index is 0.0160. The Balaban J connectivity index is 1.89. The summed E-state index contributed by atoms with van der Waals surface area (Å²) in [5.41, 5.74) is 3.29. The van der Waals surface area contributed by atoms with Gasteiger partial charge in [-0.15, -0.1) is 0 Å². The number of ether oxygens (including phenoxy) is 1. The number of sulfonamides is 1. The van der Waals surface area contributed by atoms with E-state index < -0.39 is 10.0 Å². The fourth-order valence-corrected chi connectivity index (χ4v) is 4.38. The average molecular weight is 464 g/mol. The van der Waals surface area contributed by atoms with Gasteiger partial charge in [0.05, 0.1) is 11.9 Å². The quantitative estimate of drug-likeness (QED) is 0.418. The molecule has 0 saturated carbocycles. The second kappa shape index (κ2) is 9.03. The molecular formula is C24H25N5O3S. The van der Waals surface area contributed by atoms with Gasteiger partial charge in [0.15, 0.2) is 0 Å². The highest BCUT2D eigenvalue weighted by molar-refractivity contribution is 7.92. The first kappa shape index (κ1) is 22.5. The maximum atomic E-state index is 12.9. The van der Waals surface area contributed by atoms with E-state index in [0.717, 1.165) is 16.7 Å². The molecule has 0 bridgehead atoms. The molecule has 0 unspecified atom stereocenters. The second-order valence-corrected chi connectivity index (χ2v) is 9.64. The normalized spacial score (nSPS) is 11.5. The third kappa shape index (κ3) is 4.88. The Morgan fingerprint density at radius 1 is 1.00 bits per heavy atom. The van der Waals surface area contributed by atoms with Crippen LogP contribution in [0.15, 0.2) is 71.9 Å². The molecule has 1 N–H and O–H groups in total. The molecule has 4 aromatic rings. The van der Waals surface area contributed by atoms with Gasteiger partial charge in [-0.1, -0.05) is 56.3 Å². The fraction of sp³-hybridized carbons (Fsp3) is 0.208. The Kier molecular flexibility index (Phi) is 6.15. The maximum Gasteiger partial charge on any atom is 0.267 e. The lowest BCUT2D eigenvalue weighted by Gasteiger charge is -2.19. The summed E-state index contributed by atoms with van der Waals surface area (Å²) in [5.74, 6) is 0.831. The van der Waals surface area contributed by atoms with Crippen molar-refractivity contribution in [3.05, 3.63) is 78.1 Å². The standard InChI is InChI=1S/C24H25N5O3S/c1-16(2)21-22(20-13-9-8-10-17(20)3)26-24(27-23(21)32-18-11-6-5-7-12-18)28-33(30,31)19-14-25-29(4)15-19/h5-16H,1-4H3,(H,26,27,28). The zero-order chi connectivity index (χ0) is 23.6. The molecule has 9 heteroatoms. The van der Waals surface area contributed by atoms with Crippen LogP contribution < -0.4 is 9.46 Å². The van der Waals surface area contributed by atoms with E-state index in [2.05, 4.69) is 19.8 Å². The molecule has 0 amide bonds. The van der Waals surface area contributed by atoms with E-state index in [0.29, 0.717) is 17.3 Å². The third-order valence-corrected chi connectivity index (χ3v) is 6.35. The summed E-state index contributed by atoms with van der Waals surface area (Å²) >= 11 is 0. The van der Waals surface area contributed by atoms with E-state index in [1.54, 1.807) is 7.05 Å². The molecular weight excluding hydrogens is 438 g/mol. The molecule has 170 valence electrons. The molecule has 8 nitrogen and oxygen atoms in total. The van der Waals surface area contributed by atoms with Crippen molar-refractivity contribution >= 4 is 16.0 Å². The molecule has 2 aromatic heterocycles. The van der Waals surface area contributed by atoms with Crippen LogP contribution in [-0.2, 0) is 17.1 Å². The third-order valence-electron chi connectivity index (χ3n) is 5.06. The Morgan fingerprint density at radius 3 is 2.33 bits per heavy atom. The second-order valence-electron chi connectivity index (χ2n) is 7.95. The summed E-state index contributed by atoms with van der Waals surface area (Å²) in [7, 11) is -2.29. The van der Waals surface area contributed by atoms with E-state index >= 15 is 0 Å². The minimum atomic E-state index is -3.94. The largest absolute Gasteiger partial charge is 0.439 e. The number of rotatable bonds is 7. The van der Waals surface area contributed by atoms with Gasteiger partial charge < -0.3 is 4.74 Å². The lowest BCUT2D eigenvalue weighted by Crippen LogP contribution is -2.16. The topological polar surface area (TPSA) is 99.0 Å². The van der Waals surface area contributed by atoms with Gasteiger partial charge in [-0.2, -0.15) is 10.1 Å². The van der Waals surface area contributed by atoms with Crippen LogP contribution in [0.5, 0.6) is 11.6 Å². The predicted octanol–water partition coefficient (Wildman–Crippen LogP) is 4.90. The number of para-hydroxylation sites is 1. The first-order valence-corrected chi connectivity index (χ1v) is 11.9. The summed E-state index contributed by atoms with van der Waals surface area (Å²) in [6.07, 6.45) is 2.68.